The number of nitrogens with zero attached hydrogens (tertiary/aromatic N) is 1. The molecule has 1 rings (SSSR count). The normalized spacial score (nSPS) is 11.7. The number of hydrogen-bond donors (Lipinski definition) is 0. The minimum absolute atomic E-state index is 0.00976. The Labute approximate surface area is 97.2 Å². The number of aromatic nitrogens is 1. The molecule has 1 aromatic heterocycles. The molecule has 0 N–H and O–H groups in total. The largest absolute Gasteiger partial charge is 0.377 e. The van der Waals surface area contributed by atoms with Gasteiger partial charge < -0.3 is 9.30 Å². The summed E-state index contributed by atoms with van der Waals surface area (Å²) in [6.45, 7) is 4.48. The van der Waals surface area contributed by atoms with Crippen molar-refractivity contribution in [1.82, 2.24) is 4.57 Å². The van der Waals surface area contributed by atoms with Gasteiger partial charge in [-0.2, -0.15) is 0 Å². The van der Waals surface area contributed by atoms with Gasteiger partial charge in [0.2, 0.25) is 0 Å². The maximum Gasteiger partial charge on any atom is 0.250 e. The van der Waals surface area contributed by atoms with Crippen LogP contribution in [-0.2, 0) is 11.3 Å². The van der Waals surface area contributed by atoms with Crippen LogP contribution in [0.3, 0.4) is 0 Å². The molecular formula is C10H14INO2. The lowest BCUT2D eigenvalue weighted by Crippen LogP contribution is -2.34. The standard InChI is InChI=1S/C10H14INO2/c1-10(2,14-3)7-12-6-8(11)4-5-9(12)13/h4-6H,7H2,1-3H3. The molecule has 0 aliphatic rings. The zero-order chi connectivity index (χ0) is 10.8. The molecule has 4 heteroatoms. The van der Waals surface area contributed by atoms with Crippen LogP contribution in [0, 0.1) is 3.57 Å². The fourth-order valence-corrected chi connectivity index (χ4v) is 1.62. The second-order valence-corrected chi connectivity index (χ2v) is 5.02. The van der Waals surface area contributed by atoms with Crippen molar-refractivity contribution in [2.24, 2.45) is 0 Å². The molecule has 0 saturated heterocycles. The molecule has 0 amide bonds. The number of methoxy groups -OCH3 is 1. The van der Waals surface area contributed by atoms with Crippen molar-refractivity contribution in [3.05, 3.63) is 32.3 Å². The van der Waals surface area contributed by atoms with E-state index in [9.17, 15) is 4.79 Å². The van der Waals surface area contributed by atoms with Gasteiger partial charge in [-0.15, -0.1) is 0 Å². The van der Waals surface area contributed by atoms with Crippen LogP contribution in [0.2, 0.25) is 0 Å². The Morgan fingerprint density at radius 3 is 2.71 bits per heavy atom. The summed E-state index contributed by atoms with van der Waals surface area (Å²) in [5, 5.41) is 0. The highest BCUT2D eigenvalue weighted by Crippen LogP contribution is 2.10. The van der Waals surface area contributed by atoms with Crippen LogP contribution in [-0.4, -0.2) is 17.3 Å². The summed E-state index contributed by atoms with van der Waals surface area (Å²) < 4.78 is 8.00. The highest BCUT2D eigenvalue weighted by atomic mass is 127. The summed E-state index contributed by atoms with van der Waals surface area (Å²) in [6.07, 6.45) is 1.84. The third-order valence-corrected chi connectivity index (χ3v) is 2.69. The molecule has 1 heterocycles. The molecule has 0 radical (unpaired) electrons. The number of halogens is 1. The summed E-state index contributed by atoms with van der Waals surface area (Å²) in [5.41, 5.74) is -0.301. The van der Waals surface area contributed by atoms with Gasteiger partial charge in [0.25, 0.3) is 5.56 Å². The fourth-order valence-electron chi connectivity index (χ4n) is 1.10. The Morgan fingerprint density at radius 1 is 1.50 bits per heavy atom. The molecule has 14 heavy (non-hydrogen) atoms. The Bertz CT molecular complexity index is 371. The lowest BCUT2D eigenvalue weighted by Gasteiger charge is -2.23. The van der Waals surface area contributed by atoms with Crippen molar-refractivity contribution >= 4 is 22.6 Å². The van der Waals surface area contributed by atoms with Gasteiger partial charge >= 0.3 is 0 Å². The van der Waals surface area contributed by atoms with E-state index in [0.717, 1.165) is 3.57 Å². The summed E-state index contributed by atoms with van der Waals surface area (Å²) in [4.78, 5) is 11.5. The number of rotatable bonds is 3. The number of ether oxygens (including phenoxy) is 1. The Morgan fingerprint density at radius 2 is 2.14 bits per heavy atom. The first kappa shape index (κ1) is 11.7. The number of pyridine rings is 1. The van der Waals surface area contributed by atoms with Crippen molar-refractivity contribution in [1.29, 1.82) is 0 Å². The van der Waals surface area contributed by atoms with E-state index in [1.165, 1.54) is 0 Å². The summed E-state index contributed by atoms with van der Waals surface area (Å²) >= 11 is 2.19. The van der Waals surface area contributed by atoms with Gasteiger partial charge in [0.05, 0.1) is 12.1 Å². The minimum Gasteiger partial charge on any atom is -0.377 e. The van der Waals surface area contributed by atoms with E-state index in [1.807, 2.05) is 20.0 Å². The van der Waals surface area contributed by atoms with Gasteiger partial charge in [-0.25, -0.2) is 0 Å². The summed E-state index contributed by atoms with van der Waals surface area (Å²) in [5.74, 6) is 0. The van der Waals surface area contributed by atoms with Crippen LogP contribution in [0.4, 0.5) is 0 Å². The van der Waals surface area contributed by atoms with Crippen molar-refractivity contribution in [3.8, 4) is 0 Å². The van der Waals surface area contributed by atoms with Gasteiger partial charge in [0.15, 0.2) is 0 Å². The molecule has 1 aromatic rings. The van der Waals surface area contributed by atoms with Crippen LogP contribution in [0.25, 0.3) is 0 Å². The third kappa shape index (κ3) is 3.09. The smallest absolute Gasteiger partial charge is 0.250 e. The van der Waals surface area contributed by atoms with Crippen LogP contribution >= 0.6 is 22.6 Å². The quantitative estimate of drug-likeness (QED) is 0.799. The second kappa shape index (κ2) is 4.44. The Kier molecular flexibility index (Phi) is 3.71. The Balaban J connectivity index is 2.97. The van der Waals surface area contributed by atoms with E-state index in [1.54, 1.807) is 23.8 Å². The zero-order valence-corrected chi connectivity index (χ0v) is 10.7. The minimum atomic E-state index is -0.311. The van der Waals surface area contributed by atoms with Crippen LogP contribution in [0.1, 0.15) is 13.8 Å². The lowest BCUT2D eigenvalue weighted by atomic mass is 10.1. The molecule has 0 unspecified atom stereocenters. The predicted octanol–water partition coefficient (Wildman–Crippen LogP) is 1.88. The molecule has 0 saturated carbocycles. The van der Waals surface area contributed by atoms with Gasteiger partial charge in [-0.05, 0) is 42.5 Å². The van der Waals surface area contributed by atoms with E-state index < -0.39 is 0 Å². The van der Waals surface area contributed by atoms with E-state index in [2.05, 4.69) is 22.6 Å². The molecule has 0 fully saturated rings. The summed E-state index contributed by atoms with van der Waals surface area (Å²) in [7, 11) is 1.65. The first-order chi connectivity index (χ1) is 6.44. The molecule has 0 spiro atoms. The monoisotopic (exact) mass is 307 g/mol. The van der Waals surface area contributed by atoms with Crippen molar-refractivity contribution in [2.45, 2.75) is 26.0 Å². The van der Waals surface area contributed by atoms with Crippen molar-refractivity contribution in [2.75, 3.05) is 7.11 Å². The van der Waals surface area contributed by atoms with Crippen molar-refractivity contribution in [3.63, 3.8) is 0 Å². The van der Waals surface area contributed by atoms with E-state index in [4.69, 9.17) is 4.74 Å². The predicted molar refractivity (Wildman–Crippen MR) is 64.5 cm³/mol. The van der Waals surface area contributed by atoms with E-state index >= 15 is 0 Å². The first-order valence-corrected chi connectivity index (χ1v) is 5.44. The second-order valence-electron chi connectivity index (χ2n) is 3.78. The number of hydrogen-bond acceptors (Lipinski definition) is 2. The van der Waals surface area contributed by atoms with Gasteiger partial charge in [0, 0.05) is 22.9 Å². The van der Waals surface area contributed by atoms with Crippen LogP contribution in [0.15, 0.2) is 23.1 Å². The fraction of sp³-hybridized carbons (Fsp3) is 0.500. The molecular weight excluding hydrogens is 293 g/mol. The molecule has 0 atom stereocenters. The lowest BCUT2D eigenvalue weighted by molar-refractivity contribution is 0.00734. The molecule has 0 aromatic carbocycles. The van der Waals surface area contributed by atoms with E-state index in [-0.39, 0.29) is 11.2 Å². The topological polar surface area (TPSA) is 31.2 Å². The van der Waals surface area contributed by atoms with Gasteiger partial charge in [0.1, 0.15) is 0 Å². The average Bonchev–Trinajstić information content (AvgIpc) is 2.11. The van der Waals surface area contributed by atoms with Gasteiger partial charge in [-0.3, -0.25) is 4.79 Å². The molecule has 0 aliphatic carbocycles. The van der Waals surface area contributed by atoms with Crippen molar-refractivity contribution < 1.29 is 4.74 Å². The average molecular weight is 307 g/mol. The highest BCUT2D eigenvalue weighted by Gasteiger charge is 2.17. The molecule has 3 nitrogen and oxygen atoms in total. The summed E-state index contributed by atoms with van der Waals surface area (Å²) in [6, 6.07) is 3.38. The van der Waals surface area contributed by atoms with Crippen LogP contribution < -0.4 is 5.56 Å². The third-order valence-electron chi connectivity index (χ3n) is 2.05. The Hall–Kier alpha value is -0.360. The first-order valence-electron chi connectivity index (χ1n) is 4.36. The van der Waals surface area contributed by atoms with Crippen LogP contribution in [0.5, 0.6) is 0 Å². The zero-order valence-electron chi connectivity index (χ0n) is 8.58. The van der Waals surface area contributed by atoms with Gasteiger partial charge in [-0.1, -0.05) is 0 Å². The van der Waals surface area contributed by atoms with E-state index in [0.29, 0.717) is 6.54 Å². The maximum absolute atomic E-state index is 11.5. The molecule has 0 aliphatic heterocycles. The maximum atomic E-state index is 11.5. The molecule has 0 bridgehead atoms. The molecule has 78 valence electrons. The highest BCUT2D eigenvalue weighted by molar-refractivity contribution is 14.1. The SMILES string of the molecule is COC(C)(C)Cn1cc(I)ccc1=O.